The van der Waals surface area contributed by atoms with Gasteiger partial charge in [0.15, 0.2) is 11.5 Å². The van der Waals surface area contributed by atoms with Crippen LogP contribution >= 0.6 is 0 Å². The van der Waals surface area contributed by atoms with E-state index in [2.05, 4.69) is 41.8 Å². The van der Waals surface area contributed by atoms with Gasteiger partial charge in [-0.2, -0.15) is 18.2 Å². The molecule has 3 aromatic heterocycles. The number of aryl methyl sites for hydroxylation is 1. The summed E-state index contributed by atoms with van der Waals surface area (Å²) in [6.07, 6.45) is 5.74. The van der Waals surface area contributed by atoms with Crippen LogP contribution in [0.1, 0.15) is 74.9 Å². The smallest absolute Gasteiger partial charge is 0.434 e. The van der Waals surface area contributed by atoms with Gasteiger partial charge in [0, 0.05) is 30.9 Å². The van der Waals surface area contributed by atoms with E-state index < -0.39 is 11.9 Å². The van der Waals surface area contributed by atoms with E-state index in [0.717, 1.165) is 54.3 Å². The Morgan fingerprint density at radius 2 is 1.81 bits per heavy atom. The summed E-state index contributed by atoms with van der Waals surface area (Å²) >= 11 is 0. The lowest BCUT2D eigenvalue weighted by Gasteiger charge is -2.16. The largest absolute Gasteiger partial charge is 0.480 e. The molecule has 3 heterocycles. The topological polar surface area (TPSA) is 87.8 Å². The Balaban J connectivity index is 1.47. The molecule has 0 amide bonds. The number of alkyl halides is 3. The number of imidazole rings is 1. The second-order valence-electron chi connectivity index (χ2n) is 11.1. The van der Waals surface area contributed by atoms with Crippen molar-refractivity contribution in [3.63, 3.8) is 0 Å². The number of methoxy groups -OCH3 is 1. The Morgan fingerprint density at radius 3 is 2.42 bits per heavy atom. The second kappa shape index (κ2) is 12.5. The van der Waals surface area contributed by atoms with Crippen LogP contribution in [0, 0.1) is 5.92 Å². The molecule has 1 saturated carbocycles. The van der Waals surface area contributed by atoms with Crippen LogP contribution in [0.2, 0.25) is 0 Å². The van der Waals surface area contributed by atoms with E-state index >= 15 is 0 Å². The van der Waals surface area contributed by atoms with Crippen LogP contribution in [-0.2, 0) is 19.8 Å². The molecule has 0 spiro atoms. The molecule has 1 aliphatic rings. The van der Waals surface area contributed by atoms with Crippen LogP contribution in [0.3, 0.4) is 0 Å². The number of hydrogen-bond acceptors (Lipinski definition) is 7. The van der Waals surface area contributed by atoms with E-state index in [9.17, 15) is 13.2 Å². The van der Waals surface area contributed by atoms with E-state index in [4.69, 9.17) is 19.4 Å². The van der Waals surface area contributed by atoms with Crippen LogP contribution in [0.4, 0.5) is 13.2 Å². The first-order chi connectivity index (χ1) is 20.6. The number of rotatable bonds is 11. The Hall–Kier alpha value is -4.28. The highest BCUT2D eigenvalue weighted by Crippen LogP contribution is 2.45. The fourth-order valence-electron chi connectivity index (χ4n) is 4.83. The average molecular weight is 593 g/mol. The Morgan fingerprint density at radius 1 is 1.07 bits per heavy atom. The number of benzene rings is 1. The molecule has 1 fully saturated rings. The molecule has 0 unspecified atom stereocenters. The Kier molecular flexibility index (Phi) is 8.79. The van der Waals surface area contributed by atoms with Crippen LogP contribution < -0.4 is 9.47 Å². The normalized spacial score (nSPS) is 13.9. The van der Waals surface area contributed by atoms with Crippen molar-refractivity contribution >= 4 is 5.57 Å². The van der Waals surface area contributed by atoms with Crippen molar-refractivity contribution in [3.05, 3.63) is 71.6 Å². The molecule has 0 N–H and O–H groups in total. The van der Waals surface area contributed by atoms with Gasteiger partial charge in [0.25, 0.3) is 0 Å². The zero-order valence-electron chi connectivity index (χ0n) is 24.9. The highest BCUT2D eigenvalue weighted by molar-refractivity contribution is 5.72. The number of allylic oxidation sites excluding steroid dienone is 2. The monoisotopic (exact) mass is 592 g/mol. The minimum atomic E-state index is -4.51. The number of nitrogens with zero attached hydrogens (tertiary/aromatic N) is 6. The van der Waals surface area contributed by atoms with Crippen LogP contribution in [0.25, 0.3) is 28.3 Å². The summed E-state index contributed by atoms with van der Waals surface area (Å²) in [4.78, 5) is 22.2. The third-order valence-corrected chi connectivity index (χ3v) is 7.29. The van der Waals surface area contributed by atoms with E-state index in [1.165, 1.54) is 10.9 Å². The van der Waals surface area contributed by atoms with Crippen molar-refractivity contribution in [2.45, 2.75) is 65.2 Å². The number of halogens is 3. The molecule has 226 valence electrons. The first-order valence-electron chi connectivity index (χ1n) is 14.4. The Labute approximate surface area is 249 Å². The zero-order chi connectivity index (χ0) is 30.7. The van der Waals surface area contributed by atoms with Crippen molar-refractivity contribution in [1.29, 1.82) is 0 Å². The summed E-state index contributed by atoms with van der Waals surface area (Å²) in [6, 6.07) is 7.10. The van der Waals surface area contributed by atoms with Crippen molar-refractivity contribution in [2.24, 2.45) is 13.0 Å². The van der Waals surface area contributed by atoms with Gasteiger partial charge in [0.1, 0.15) is 24.3 Å². The number of aromatic nitrogens is 6. The SMILES string of the molecule is CC/C(=C\CC(C)C)c1cnc(-c2c(OC)ncnc2C2CC2)nc1OCc1ccc(-c2nc(C(F)(F)F)cn2C)cc1. The maximum Gasteiger partial charge on any atom is 0.434 e. The summed E-state index contributed by atoms with van der Waals surface area (Å²) in [5.74, 6) is 2.32. The minimum absolute atomic E-state index is 0.192. The lowest BCUT2D eigenvalue weighted by atomic mass is 10.0. The van der Waals surface area contributed by atoms with Gasteiger partial charge in [-0.1, -0.05) is 51.1 Å². The van der Waals surface area contributed by atoms with E-state index in [1.807, 2.05) is 12.1 Å². The van der Waals surface area contributed by atoms with Gasteiger partial charge in [0.05, 0.1) is 18.4 Å². The molecular weight excluding hydrogens is 557 g/mol. The summed E-state index contributed by atoms with van der Waals surface area (Å²) in [6.45, 7) is 6.61. The fourth-order valence-corrected chi connectivity index (χ4v) is 4.83. The molecule has 11 heteroatoms. The van der Waals surface area contributed by atoms with Crippen LogP contribution in [0.15, 0.2) is 49.1 Å². The summed E-state index contributed by atoms with van der Waals surface area (Å²) in [5, 5.41) is 0. The summed E-state index contributed by atoms with van der Waals surface area (Å²) < 4.78 is 52.7. The summed E-state index contributed by atoms with van der Waals surface area (Å²) in [7, 11) is 3.11. The quantitative estimate of drug-likeness (QED) is 0.177. The van der Waals surface area contributed by atoms with Gasteiger partial charge in [0.2, 0.25) is 11.8 Å². The average Bonchev–Trinajstić information content (AvgIpc) is 3.76. The van der Waals surface area contributed by atoms with Gasteiger partial charge < -0.3 is 14.0 Å². The van der Waals surface area contributed by atoms with E-state index in [1.54, 1.807) is 32.5 Å². The van der Waals surface area contributed by atoms with Crippen LogP contribution in [0.5, 0.6) is 11.8 Å². The lowest BCUT2D eigenvalue weighted by Crippen LogP contribution is -2.06. The second-order valence-corrected chi connectivity index (χ2v) is 11.1. The molecular formula is C32H35F3N6O2. The lowest BCUT2D eigenvalue weighted by molar-refractivity contribution is -0.140. The number of hydrogen-bond donors (Lipinski definition) is 0. The highest BCUT2D eigenvalue weighted by atomic mass is 19.4. The van der Waals surface area contributed by atoms with E-state index in [-0.39, 0.29) is 12.4 Å². The molecule has 0 aliphatic heterocycles. The third-order valence-electron chi connectivity index (χ3n) is 7.29. The Bertz CT molecular complexity index is 1610. The van der Waals surface area contributed by atoms with Gasteiger partial charge in [-0.05, 0) is 42.7 Å². The predicted octanol–water partition coefficient (Wildman–Crippen LogP) is 7.66. The molecule has 8 nitrogen and oxygen atoms in total. The standard InChI is InChI=1S/C32H35F3N6O2/c1-6-21(10-7-19(2)3)24-15-36-28(26-27(22-13-14-22)37-18-38-31(26)42-5)40-30(24)43-17-20-8-11-23(12-9-20)29-39-25(16-41(29)4)32(33,34)35/h8-12,15-16,18-19,22H,6-7,13-14,17H2,1-5H3/b21-10+. The van der Waals surface area contributed by atoms with Crippen molar-refractivity contribution in [1.82, 2.24) is 29.5 Å². The predicted molar refractivity (Wildman–Crippen MR) is 157 cm³/mol. The zero-order valence-corrected chi connectivity index (χ0v) is 24.9. The summed E-state index contributed by atoms with van der Waals surface area (Å²) in [5.41, 5.74) is 3.90. The van der Waals surface area contributed by atoms with Crippen molar-refractivity contribution in [3.8, 4) is 34.5 Å². The maximum atomic E-state index is 13.1. The van der Waals surface area contributed by atoms with Gasteiger partial charge >= 0.3 is 6.18 Å². The molecule has 0 bridgehead atoms. The maximum absolute atomic E-state index is 13.1. The van der Waals surface area contributed by atoms with Crippen LogP contribution in [-0.4, -0.2) is 36.6 Å². The van der Waals surface area contributed by atoms with Gasteiger partial charge in [-0.25, -0.2) is 19.9 Å². The molecule has 1 aromatic carbocycles. The van der Waals surface area contributed by atoms with Crippen molar-refractivity contribution in [2.75, 3.05) is 7.11 Å². The third kappa shape index (κ3) is 6.87. The fraction of sp³-hybridized carbons (Fsp3) is 0.406. The first-order valence-corrected chi connectivity index (χ1v) is 14.4. The van der Waals surface area contributed by atoms with E-state index in [0.29, 0.717) is 40.5 Å². The molecule has 4 aromatic rings. The van der Waals surface area contributed by atoms with Gasteiger partial charge in [-0.15, -0.1) is 0 Å². The first kappa shape index (κ1) is 30.2. The molecule has 1 aliphatic carbocycles. The van der Waals surface area contributed by atoms with Gasteiger partial charge in [-0.3, -0.25) is 0 Å². The molecule has 43 heavy (non-hydrogen) atoms. The number of ether oxygens (including phenoxy) is 2. The minimum Gasteiger partial charge on any atom is -0.480 e. The molecule has 0 atom stereocenters. The molecule has 5 rings (SSSR count). The molecule has 0 radical (unpaired) electrons. The highest BCUT2D eigenvalue weighted by Gasteiger charge is 2.35. The van der Waals surface area contributed by atoms with Crippen molar-refractivity contribution < 1.29 is 22.6 Å². The molecule has 0 saturated heterocycles.